The summed E-state index contributed by atoms with van der Waals surface area (Å²) in [6, 6.07) is 0. The van der Waals surface area contributed by atoms with E-state index in [0.717, 1.165) is 5.56 Å². The van der Waals surface area contributed by atoms with Gasteiger partial charge < -0.3 is 10.5 Å². The zero-order valence-corrected chi connectivity index (χ0v) is 7.93. The molecule has 0 atom stereocenters. The summed E-state index contributed by atoms with van der Waals surface area (Å²) >= 11 is 0. The highest BCUT2D eigenvalue weighted by atomic mass is 16.6. The highest BCUT2D eigenvalue weighted by Crippen LogP contribution is 2.20. The van der Waals surface area contributed by atoms with Gasteiger partial charge in [0.25, 0.3) is 0 Å². The van der Waals surface area contributed by atoms with Crippen LogP contribution >= 0.6 is 0 Å². The molecular weight excluding hydrogens is 184 g/mol. The van der Waals surface area contributed by atoms with Gasteiger partial charge in [-0.05, 0) is 0 Å². The van der Waals surface area contributed by atoms with Crippen molar-refractivity contribution in [2.75, 3.05) is 18.1 Å². The lowest BCUT2D eigenvalue weighted by Gasteiger charge is -2.09. The lowest BCUT2D eigenvalue weighted by molar-refractivity contribution is 0.181. The minimum absolute atomic E-state index is 0.349. The molecule has 0 spiro atoms. The summed E-state index contributed by atoms with van der Waals surface area (Å²) in [6.45, 7) is 1.33. The highest BCUT2D eigenvalue weighted by Gasteiger charge is 2.27. The third-order valence-corrected chi connectivity index (χ3v) is 2.12. The molecule has 0 unspecified atom stereocenters. The summed E-state index contributed by atoms with van der Waals surface area (Å²) in [5.74, 6) is 0.609. The number of nitrogens with two attached hydrogens (primary N) is 1. The van der Waals surface area contributed by atoms with Crippen LogP contribution in [0.15, 0.2) is 6.20 Å². The number of rotatable bonds is 2. The van der Waals surface area contributed by atoms with Crippen LogP contribution in [-0.4, -0.2) is 29.0 Å². The van der Waals surface area contributed by atoms with Gasteiger partial charge in [0, 0.05) is 25.4 Å². The molecule has 0 radical (unpaired) electrons. The van der Waals surface area contributed by atoms with E-state index in [0.29, 0.717) is 25.5 Å². The van der Waals surface area contributed by atoms with Crippen molar-refractivity contribution in [3.05, 3.63) is 11.8 Å². The molecule has 0 bridgehead atoms. The molecule has 2 rings (SSSR count). The van der Waals surface area contributed by atoms with Gasteiger partial charge >= 0.3 is 6.09 Å². The van der Waals surface area contributed by atoms with Crippen LogP contribution in [0.25, 0.3) is 0 Å². The van der Waals surface area contributed by atoms with E-state index in [2.05, 4.69) is 5.10 Å². The molecule has 0 aliphatic carbocycles. The van der Waals surface area contributed by atoms with Crippen molar-refractivity contribution in [2.45, 2.75) is 6.54 Å². The van der Waals surface area contributed by atoms with Gasteiger partial charge in [0.1, 0.15) is 6.61 Å². The topological polar surface area (TPSA) is 73.4 Å². The van der Waals surface area contributed by atoms with Crippen molar-refractivity contribution in [3.63, 3.8) is 0 Å². The number of aromatic nitrogens is 2. The second-order valence-corrected chi connectivity index (χ2v) is 3.12. The summed E-state index contributed by atoms with van der Waals surface area (Å²) in [5, 5.41) is 4.18. The second kappa shape index (κ2) is 3.30. The monoisotopic (exact) mass is 196 g/mol. The summed E-state index contributed by atoms with van der Waals surface area (Å²) in [4.78, 5) is 12.8. The molecule has 1 aliphatic heterocycles. The van der Waals surface area contributed by atoms with Gasteiger partial charge in [-0.3, -0.25) is 9.58 Å². The molecule has 1 saturated heterocycles. The van der Waals surface area contributed by atoms with Crippen molar-refractivity contribution in [1.29, 1.82) is 0 Å². The molecule has 0 saturated carbocycles. The first-order valence-electron chi connectivity index (χ1n) is 4.39. The van der Waals surface area contributed by atoms with Crippen LogP contribution in [0.3, 0.4) is 0 Å². The fraction of sp³-hybridized carbons (Fsp3) is 0.500. The number of carbonyl (C=O) groups excluding carboxylic acids is 1. The highest BCUT2D eigenvalue weighted by molar-refractivity contribution is 5.88. The summed E-state index contributed by atoms with van der Waals surface area (Å²) < 4.78 is 6.47. The smallest absolute Gasteiger partial charge is 0.415 e. The number of anilines is 1. The average molecular weight is 196 g/mol. The maximum Gasteiger partial charge on any atom is 0.415 e. The number of hydrogen-bond acceptors (Lipinski definition) is 4. The summed E-state index contributed by atoms with van der Waals surface area (Å²) in [5.41, 5.74) is 6.40. The Balaban J connectivity index is 2.34. The van der Waals surface area contributed by atoms with Crippen LogP contribution in [0.2, 0.25) is 0 Å². The minimum atomic E-state index is -0.349. The van der Waals surface area contributed by atoms with Crippen molar-refractivity contribution in [1.82, 2.24) is 9.78 Å². The number of ether oxygens (including phenoxy) is 1. The first kappa shape index (κ1) is 9.01. The van der Waals surface area contributed by atoms with Crippen LogP contribution in [0.5, 0.6) is 0 Å². The van der Waals surface area contributed by atoms with Gasteiger partial charge in [0.2, 0.25) is 0 Å². The van der Waals surface area contributed by atoms with E-state index in [4.69, 9.17) is 10.5 Å². The molecular formula is C8H12N4O2. The molecule has 2 heterocycles. The zero-order valence-electron chi connectivity index (χ0n) is 7.93. The predicted octanol–water partition coefficient (Wildman–Crippen LogP) is -0.165. The molecule has 2 N–H and O–H groups in total. The van der Waals surface area contributed by atoms with Gasteiger partial charge in [-0.1, -0.05) is 0 Å². The van der Waals surface area contributed by atoms with Gasteiger partial charge in [0.05, 0.1) is 6.54 Å². The van der Waals surface area contributed by atoms with Gasteiger partial charge in [-0.25, -0.2) is 4.79 Å². The van der Waals surface area contributed by atoms with Gasteiger partial charge in [0.15, 0.2) is 5.82 Å². The van der Waals surface area contributed by atoms with E-state index in [-0.39, 0.29) is 6.09 Å². The number of hydrogen-bond donors (Lipinski definition) is 1. The van der Waals surface area contributed by atoms with E-state index >= 15 is 0 Å². The Bertz CT molecular complexity index is 360. The van der Waals surface area contributed by atoms with Crippen molar-refractivity contribution in [2.24, 2.45) is 12.8 Å². The Kier molecular flexibility index (Phi) is 2.12. The Labute approximate surface area is 81.2 Å². The van der Waals surface area contributed by atoms with E-state index in [1.54, 1.807) is 17.9 Å². The normalized spacial score (nSPS) is 16.1. The largest absolute Gasteiger partial charge is 0.447 e. The van der Waals surface area contributed by atoms with Gasteiger partial charge in [-0.15, -0.1) is 0 Å². The van der Waals surface area contributed by atoms with E-state index in [9.17, 15) is 4.79 Å². The molecule has 14 heavy (non-hydrogen) atoms. The van der Waals surface area contributed by atoms with Crippen molar-refractivity contribution >= 4 is 11.9 Å². The lowest BCUT2D eigenvalue weighted by atomic mass is 10.3. The quantitative estimate of drug-likeness (QED) is 0.713. The number of nitrogens with zero attached hydrogens (tertiary/aromatic N) is 3. The maximum absolute atomic E-state index is 11.3. The molecule has 6 nitrogen and oxygen atoms in total. The fourth-order valence-corrected chi connectivity index (χ4v) is 1.48. The van der Waals surface area contributed by atoms with E-state index in [1.807, 2.05) is 0 Å². The molecule has 1 aliphatic rings. The number of amides is 1. The Morgan fingerprint density at radius 1 is 1.71 bits per heavy atom. The molecule has 1 aromatic heterocycles. The molecule has 1 amide bonds. The van der Waals surface area contributed by atoms with Crippen LogP contribution in [-0.2, 0) is 18.3 Å². The number of carbonyl (C=O) groups is 1. The molecule has 1 fully saturated rings. The van der Waals surface area contributed by atoms with Crippen LogP contribution in [0, 0.1) is 0 Å². The lowest BCUT2D eigenvalue weighted by Crippen LogP contribution is -2.25. The van der Waals surface area contributed by atoms with Crippen molar-refractivity contribution < 1.29 is 9.53 Å². The van der Waals surface area contributed by atoms with E-state index < -0.39 is 0 Å². The van der Waals surface area contributed by atoms with Gasteiger partial charge in [-0.2, -0.15) is 5.10 Å². The molecule has 6 heteroatoms. The minimum Gasteiger partial charge on any atom is -0.447 e. The van der Waals surface area contributed by atoms with Crippen molar-refractivity contribution in [3.8, 4) is 0 Å². The Morgan fingerprint density at radius 2 is 2.50 bits per heavy atom. The van der Waals surface area contributed by atoms with E-state index in [1.165, 1.54) is 4.90 Å². The van der Waals surface area contributed by atoms with Crippen LogP contribution < -0.4 is 10.6 Å². The predicted molar refractivity (Wildman–Crippen MR) is 49.8 cm³/mol. The number of aryl methyl sites for hydroxylation is 1. The Hall–Kier alpha value is -1.56. The SMILES string of the molecule is Cn1cc(CN)c(N2CCOC2=O)n1. The maximum atomic E-state index is 11.3. The third-order valence-electron chi connectivity index (χ3n) is 2.12. The molecule has 76 valence electrons. The number of cyclic esters (lactones) is 1. The average Bonchev–Trinajstić information content (AvgIpc) is 2.71. The third kappa shape index (κ3) is 1.33. The Morgan fingerprint density at radius 3 is 3.07 bits per heavy atom. The molecule has 0 aromatic carbocycles. The first-order chi connectivity index (χ1) is 6.72. The van der Waals surface area contributed by atoms with Crippen LogP contribution in [0.1, 0.15) is 5.56 Å². The molecule has 1 aromatic rings. The fourth-order valence-electron chi connectivity index (χ4n) is 1.48. The van der Waals surface area contributed by atoms with Crippen LogP contribution in [0.4, 0.5) is 10.6 Å². The summed E-state index contributed by atoms with van der Waals surface area (Å²) in [7, 11) is 1.80. The standard InChI is InChI=1S/C8H12N4O2/c1-11-5-6(4-9)7(10-11)12-2-3-14-8(12)13/h5H,2-4,9H2,1H3. The summed E-state index contributed by atoms with van der Waals surface area (Å²) in [6.07, 6.45) is 1.46. The first-order valence-corrected chi connectivity index (χ1v) is 4.39. The zero-order chi connectivity index (χ0) is 10.1. The second-order valence-electron chi connectivity index (χ2n) is 3.12.